The fourth-order valence-electron chi connectivity index (χ4n) is 3.70. The zero-order valence-corrected chi connectivity index (χ0v) is 20.7. The number of ether oxygens (including phenoxy) is 1. The third-order valence-corrected chi connectivity index (χ3v) is 6.80. The zero-order valence-electron chi connectivity index (χ0n) is 18.3. The summed E-state index contributed by atoms with van der Waals surface area (Å²) >= 11 is 4.44. The van der Waals surface area contributed by atoms with Crippen molar-refractivity contribution < 1.29 is 19.1 Å². The Bertz CT molecular complexity index is 1170. The van der Waals surface area contributed by atoms with Gasteiger partial charge in [0.1, 0.15) is 5.92 Å². The van der Waals surface area contributed by atoms with E-state index >= 15 is 0 Å². The molecule has 7 nitrogen and oxygen atoms in total. The van der Waals surface area contributed by atoms with Crippen LogP contribution in [0.5, 0.6) is 0 Å². The van der Waals surface area contributed by atoms with Crippen LogP contribution in [-0.4, -0.2) is 30.6 Å². The van der Waals surface area contributed by atoms with E-state index in [-0.39, 0.29) is 22.3 Å². The van der Waals surface area contributed by atoms with Crippen LogP contribution in [0.2, 0.25) is 0 Å². The standard InChI is InChI=1S/C24H22BrN3O4S/c1-13-6-4-7-14(2)21(13)27-18(29)12-33-23-17(11-26)19(15-8-5-9-16(25)10-15)20(22(30)28-23)24(31)32-3/h4-10,19-20H,12H2,1-3H3,(H,27,29)(H,28,30)/t19-,20-/m1/s1. The van der Waals surface area contributed by atoms with Gasteiger partial charge in [0.05, 0.1) is 29.5 Å². The molecule has 1 aliphatic heterocycles. The number of hydrogen-bond acceptors (Lipinski definition) is 6. The van der Waals surface area contributed by atoms with Crippen molar-refractivity contribution in [2.24, 2.45) is 5.92 Å². The number of amides is 2. The molecule has 2 atom stereocenters. The van der Waals surface area contributed by atoms with Gasteiger partial charge in [-0.1, -0.05) is 58.0 Å². The van der Waals surface area contributed by atoms with Crippen LogP contribution in [0.25, 0.3) is 0 Å². The van der Waals surface area contributed by atoms with Crippen molar-refractivity contribution in [1.29, 1.82) is 5.26 Å². The number of benzene rings is 2. The minimum absolute atomic E-state index is 0.0251. The predicted molar refractivity (Wildman–Crippen MR) is 130 cm³/mol. The fourth-order valence-corrected chi connectivity index (χ4v) is 4.97. The van der Waals surface area contributed by atoms with Gasteiger partial charge < -0.3 is 15.4 Å². The molecule has 0 unspecified atom stereocenters. The molecule has 0 radical (unpaired) electrons. The Hall–Kier alpha value is -3.09. The lowest BCUT2D eigenvalue weighted by Gasteiger charge is -2.31. The maximum atomic E-state index is 12.9. The highest BCUT2D eigenvalue weighted by Crippen LogP contribution is 2.40. The first kappa shape index (κ1) is 24.6. The lowest BCUT2D eigenvalue weighted by molar-refractivity contribution is -0.150. The number of carbonyl (C=O) groups is 3. The number of esters is 1. The Labute approximate surface area is 204 Å². The normalized spacial score (nSPS) is 17.7. The van der Waals surface area contributed by atoms with E-state index in [1.54, 1.807) is 18.2 Å². The molecular formula is C24H22BrN3O4S. The third-order valence-electron chi connectivity index (χ3n) is 5.28. The summed E-state index contributed by atoms with van der Waals surface area (Å²) in [6.45, 7) is 3.81. The van der Waals surface area contributed by atoms with E-state index < -0.39 is 23.7 Å². The minimum Gasteiger partial charge on any atom is -0.468 e. The van der Waals surface area contributed by atoms with E-state index in [9.17, 15) is 19.6 Å². The van der Waals surface area contributed by atoms with Gasteiger partial charge >= 0.3 is 5.97 Å². The molecule has 0 aliphatic carbocycles. The van der Waals surface area contributed by atoms with Crippen molar-refractivity contribution in [3.63, 3.8) is 0 Å². The first-order valence-electron chi connectivity index (χ1n) is 10.0. The number of rotatable bonds is 6. The monoisotopic (exact) mass is 527 g/mol. The Morgan fingerprint density at radius 3 is 2.48 bits per heavy atom. The maximum absolute atomic E-state index is 12.9. The highest BCUT2D eigenvalue weighted by Gasteiger charge is 2.44. The number of nitrogens with one attached hydrogen (secondary N) is 2. The molecular weight excluding hydrogens is 506 g/mol. The van der Waals surface area contributed by atoms with Crippen LogP contribution < -0.4 is 10.6 Å². The molecule has 0 fully saturated rings. The summed E-state index contributed by atoms with van der Waals surface area (Å²) in [5, 5.41) is 15.7. The highest BCUT2D eigenvalue weighted by atomic mass is 79.9. The summed E-state index contributed by atoms with van der Waals surface area (Å²) in [7, 11) is 1.20. The summed E-state index contributed by atoms with van der Waals surface area (Å²) < 4.78 is 5.59. The number of hydrogen-bond donors (Lipinski definition) is 2. The molecule has 2 aromatic carbocycles. The number of anilines is 1. The Balaban J connectivity index is 1.91. The number of nitrogens with zero attached hydrogens (tertiary/aromatic N) is 1. The lowest BCUT2D eigenvalue weighted by atomic mass is 9.78. The molecule has 1 heterocycles. The predicted octanol–water partition coefficient (Wildman–Crippen LogP) is 4.18. The average Bonchev–Trinajstić information content (AvgIpc) is 2.79. The van der Waals surface area contributed by atoms with Crippen LogP contribution in [0.4, 0.5) is 5.69 Å². The second-order valence-corrected chi connectivity index (χ2v) is 9.38. The summed E-state index contributed by atoms with van der Waals surface area (Å²) in [5.41, 5.74) is 3.43. The summed E-state index contributed by atoms with van der Waals surface area (Å²) in [6.07, 6.45) is 0. The number of allylic oxidation sites excluding steroid dienone is 1. The molecule has 170 valence electrons. The second kappa shape index (κ2) is 10.7. The summed E-state index contributed by atoms with van der Waals surface area (Å²) in [5.74, 6) is -3.66. The van der Waals surface area contributed by atoms with Crippen LogP contribution in [-0.2, 0) is 19.1 Å². The number of para-hydroxylation sites is 1. The van der Waals surface area contributed by atoms with Crippen LogP contribution in [0, 0.1) is 31.1 Å². The SMILES string of the molecule is COC(=O)[C@H]1C(=O)NC(SCC(=O)Nc2c(C)cccc2C)=C(C#N)[C@H]1c1cccc(Br)c1. The van der Waals surface area contributed by atoms with Gasteiger partial charge in [0.15, 0.2) is 0 Å². The number of thioether (sulfide) groups is 1. The molecule has 0 aromatic heterocycles. The summed E-state index contributed by atoms with van der Waals surface area (Å²) in [6, 6.07) is 14.9. The molecule has 9 heteroatoms. The minimum atomic E-state index is -1.22. The topological polar surface area (TPSA) is 108 Å². The Morgan fingerprint density at radius 1 is 1.21 bits per heavy atom. The van der Waals surface area contributed by atoms with Crippen molar-refractivity contribution in [3.8, 4) is 6.07 Å². The van der Waals surface area contributed by atoms with E-state index in [0.29, 0.717) is 5.56 Å². The van der Waals surface area contributed by atoms with Gasteiger partial charge in [-0.05, 0) is 42.7 Å². The second-order valence-electron chi connectivity index (χ2n) is 7.48. The molecule has 0 bridgehead atoms. The fraction of sp³-hybridized carbons (Fsp3) is 0.250. The molecule has 2 amide bonds. The molecule has 0 saturated heterocycles. The van der Waals surface area contributed by atoms with Crippen LogP contribution in [0.3, 0.4) is 0 Å². The van der Waals surface area contributed by atoms with Gasteiger partial charge in [-0.2, -0.15) is 5.26 Å². The number of carbonyl (C=O) groups excluding carboxylic acids is 3. The van der Waals surface area contributed by atoms with Crippen molar-refractivity contribution in [2.75, 3.05) is 18.2 Å². The van der Waals surface area contributed by atoms with E-state index in [1.807, 2.05) is 38.1 Å². The number of halogens is 1. The number of methoxy groups -OCH3 is 1. The third kappa shape index (κ3) is 5.46. The molecule has 0 spiro atoms. The van der Waals surface area contributed by atoms with E-state index in [4.69, 9.17) is 4.74 Å². The van der Waals surface area contributed by atoms with Crippen molar-refractivity contribution in [2.45, 2.75) is 19.8 Å². The number of aryl methyl sites for hydroxylation is 2. The molecule has 2 aromatic rings. The van der Waals surface area contributed by atoms with Gasteiger partial charge in [0, 0.05) is 16.1 Å². The Kier molecular flexibility index (Phi) is 7.95. The van der Waals surface area contributed by atoms with Crippen LogP contribution in [0.1, 0.15) is 22.6 Å². The van der Waals surface area contributed by atoms with Crippen molar-refractivity contribution in [1.82, 2.24) is 5.32 Å². The Morgan fingerprint density at radius 2 is 1.88 bits per heavy atom. The van der Waals surface area contributed by atoms with E-state index in [2.05, 4.69) is 32.6 Å². The zero-order chi connectivity index (χ0) is 24.1. The van der Waals surface area contributed by atoms with Gasteiger partial charge in [0.25, 0.3) is 0 Å². The highest BCUT2D eigenvalue weighted by molar-refractivity contribution is 9.10. The van der Waals surface area contributed by atoms with Crippen molar-refractivity contribution >= 4 is 51.2 Å². The quantitative estimate of drug-likeness (QED) is 0.431. The van der Waals surface area contributed by atoms with E-state index in [1.165, 1.54) is 7.11 Å². The van der Waals surface area contributed by atoms with Crippen molar-refractivity contribution in [3.05, 3.63) is 74.2 Å². The molecule has 0 saturated carbocycles. The van der Waals surface area contributed by atoms with E-state index in [0.717, 1.165) is 33.0 Å². The largest absolute Gasteiger partial charge is 0.468 e. The lowest BCUT2D eigenvalue weighted by Crippen LogP contribution is -2.44. The average molecular weight is 528 g/mol. The van der Waals surface area contributed by atoms with Crippen LogP contribution in [0.15, 0.2) is 57.5 Å². The molecule has 1 aliphatic rings. The van der Waals surface area contributed by atoms with Gasteiger partial charge in [-0.25, -0.2) is 0 Å². The molecule has 33 heavy (non-hydrogen) atoms. The number of nitriles is 1. The van der Waals surface area contributed by atoms with Gasteiger partial charge in [0.2, 0.25) is 11.8 Å². The summed E-state index contributed by atoms with van der Waals surface area (Å²) in [4.78, 5) is 37.9. The maximum Gasteiger partial charge on any atom is 0.319 e. The van der Waals surface area contributed by atoms with Crippen LogP contribution >= 0.6 is 27.7 Å². The first-order valence-corrected chi connectivity index (χ1v) is 11.8. The molecule has 2 N–H and O–H groups in total. The first-order chi connectivity index (χ1) is 15.8. The van der Waals surface area contributed by atoms with Gasteiger partial charge in [-0.3, -0.25) is 14.4 Å². The van der Waals surface area contributed by atoms with Gasteiger partial charge in [-0.15, -0.1) is 0 Å². The molecule has 3 rings (SSSR count). The smallest absolute Gasteiger partial charge is 0.319 e.